The number of hydrogen-bond acceptors (Lipinski definition) is 4. The Kier molecular flexibility index (Phi) is 5.62. The van der Waals surface area contributed by atoms with Crippen LogP contribution in [0.3, 0.4) is 0 Å². The zero-order chi connectivity index (χ0) is 21.8. The molecule has 1 aliphatic rings. The van der Waals surface area contributed by atoms with Crippen LogP contribution in [0.4, 0.5) is 0 Å². The maximum atomic E-state index is 12.8. The van der Waals surface area contributed by atoms with Crippen LogP contribution in [0, 0.1) is 0 Å². The van der Waals surface area contributed by atoms with Crippen LogP contribution in [0.15, 0.2) is 91.3 Å². The Labute approximate surface area is 187 Å². The molecule has 1 atom stereocenters. The van der Waals surface area contributed by atoms with Crippen LogP contribution >= 0.6 is 0 Å². The Bertz CT molecular complexity index is 1210. The Morgan fingerprint density at radius 2 is 1.56 bits per heavy atom. The summed E-state index contributed by atoms with van der Waals surface area (Å²) in [6, 6.07) is 25.7. The van der Waals surface area contributed by atoms with Gasteiger partial charge in [0.1, 0.15) is 5.75 Å². The molecule has 1 amide bonds. The van der Waals surface area contributed by atoms with Crippen molar-refractivity contribution >= 4 is 5.91 Å². The number of aromatic nitrogens is 2. The molecule has 0 spiro atoms. The second-order valence-electron chi connectivity index (χ2n) is 7.86. The molecule has 0 saturated carbocycles. The minimum Gasteiger partial charge on any atom is -0.424 e. The normalized spacial score (nSPS) is 14.9. The van der Waals surface area contributed by atoms with Gasteiger partial charge in [-0.05, 0) is 60.2 Å². The minimum absolute atomic E-state index is 0.0545. The number of carbonyl (C=O) groups excluding carboxylic acids is 1. The van der Waals surface area contributed by atoms with Crippen molar-refractivity contribution in [3.05, 3.63) is 108 Å². The van der Waals surface area contributed by atoms with E-state index in [1.54, 1.807) is 12.4 Å². The van der Waals surface area contributed by atoms with E-state index < -0.39 is 0 Å². The maximum Gasteiger partial charge on any atom is 0.321 e. The Hall–Kier alpha value is -3.99. The van der Waals surface area contributed by atoms with Crippen LogP contribution in [-0.2, 0) is 6.42 Å². The predicted octanol–water partition coefficient (Wildman–Crippen LogP) is 5.74. The first-order valence-corrected chi connectivity index (χ1v) is 10.8. The van der Waals surface area contributed by atoms with Crippen molar-refractivity contribution in [1.29, 1.82) is 0 Å². The fourth-order valence-electron chi connectivity index (χ4n) is 4.07. The molecule has 0 saturated heterocycles. The molecular formula is C27H23N3O2. The van der Waals surface area contributed by atoms with Gasteiger partial charge in [0.15, 0.2) is 0 Å². The first kappa shape index (κ1) is 19.9. The summed E-state index contributed by atoms with van der Waals surface area (Å²) < 4.78 is 5.64. The number of aryl methyl sites for hydroxylation is 1. The molecule has 5 heteroatoms. The van der Waals surface area contributed by atoms with Crippen LogP contribution in [0.5, 0.6) is 11.8 Å². The molecular weight excluding hydrogens is 398 g/mol. The number of nitrogens with one attached hydrogen (secondary N) is 1. The van der Waals surface area contributed by atoms with Crippen molar-refractivity contribution in [2.75, 3.05) is 0 Å². The second kappa shape index (κ2) is 9.02. The molecule has 3 aromatic carbocycles. The Morgan fingerprint density at radius 1 is 0.844 bits per heavy atom. The zero-order valence-electron chi connectivity index (χ0n) is 17.6. The van der Waals surface area contributed by atoms with E-state index in [1.807, 2.05) is 60.7 Å². The summed E-state index contributed by atoms with van der Waals surface area (Å²) in [5.74, 6) is 0.636. The van der Waals surface area contributed by atoms with Gasteiger partial charge in [-0.3, -0.25) is 4.79 Å². The lowest BCUT2D eigenvalue weighted by molar-refractivity contribution is 0.0933. The van der Waals surface area contributed by atoms with Gasteiger partial charge in [-0.15, -0.1) is 0 Å². The first-order chi connectivity index (χ1) is 15.8. The van der Waals surface area contributed by atoms with Crippen molar-refractivity contribution in [1.82, 2.24) is 15.3 Å². The second-order valence-corrected chi connectivity index (χ2v) is 7.86. The third-order valence-electron chi connectivity index (χ3n) is 5.74. The lowest BCUT2D eigenvalue weighted by atomic mass is 9.87. The average Bonchev–Trinajstić information content (AvgIpc) is 2.85. The number of benzene rings is 3. The van der Waals surface area contributed by atoms with E-state index in [0.717, 1.165) is 30.4 Å². The zero-order valence-corrected chi connectivity index (χ0v) is 17.6. The van der Waals surface area contributed by atoms with Crippen molar-refractivity contribution in [2.45, 2.75) is 25.3 Å². The largest absolute Gasteiger partial charge is 0.424 e. The molecule has 1 heterocycles. The lowest BCUT2D eigenvalue weighted by Gasteiger charge is -2.26. The molecule has 1 aromatic heterocycles. The summed E-state index contributed by atoms with van der Waals surface area (Å²) in [6.45, 7) is 0. The van der Waals surface area contributed by atoms with Crippen molar-refractivity contribution < 1.29 is 9.53 Å². The monoisotopic (exact) mass is 421 g/mol. The molecule has 158 valence electrons. The maximum absolute atomic E-state index is 12.8. The molecule has 1 N–H and O–H groups in total. The number of rotatable bonds is 5. The van der Waals surface area contributed by atoms with Gasteiger partial charge in [-0.25, -0.2) is 9.97 Å². The average molecular weight is 422 g/mol. The molecule has 4 aromatic rings. The summed E-state index contributed by atoms with van der Waals surface area (Å²) in [6.07, 6.45) is 6.58. The molecule has 5 rings (SSSR count). The molecule has 0 aliphatic heterocycles. The highest BCUT2D eigenvalue weighted by atomic mass is 16.5. The van der Waals surface area contributed by atoms with Crippen LogP contribution < -0.4 is 10.1 Å². The minimum atomic E-state index is -0.0545. The predicted molar refractivity (Wildman–Crippen MR) is 124 cm³/mol. The highest BCUT2D eigenvalue weighted by Gasteiger charge is 2.21. The smallest absolute Gasteiger partial charge is 0.321 e. The molecule has 1 unspecified atom stereocenters. The number of fused-ring (bicyclic) bond motifs is 1. The van der Waals surface area contributed by atoms with E-state index in [4.69, 9.17) is 4.74 Å². The Morgan fingerprint density at radius 3 is 2.34 bits per heavy atom. The number of nitrogens with zero attached hydrogens (tertiary/aromatic N) is 2. The summed E-state index contributed by atoms with van der Waals surface area (Å²) in [4.78, 5) is 21.4. The van der Waals surface area contributed by atoms with Crippen molar-refractivity contribution in [2.24, 2.45) is 0 Å². The highest BCUT2D eigenvalue weighted by Crippen LogP contribution is 2.30. The fraction of sp³-hybridized carbons (Fsp3) is 0.148. The SMILES string of the molecule is O=C(NC1CCCc2ccccc21)c1ccc(-c2cnc(Oc3ccccc3)nc2)cc1. The van der Waals surface area contributed by atoms with Gasteiger partial charge in [-0.2, -0.15) is 0 Å². The Balaban J connectivity index is 1.26. The highest BCUT2D eigenvalue weighted by molar-refractivity contribution is 5.95. The van der Waals surface area contributed by atoms with E-state index >= 15 is 0 Å². The number of ether oxygens (including phenoxy) is 1. The van der Waals surface area contributed by atoms with Gasteiger partial charge in [0.05, 0.1) is 6.04 Å². The molecule has 32 heavy (non-hydrogen) atoms. The fourth-order valence-corrected chi connectivity index (χ4v) is 4.07. The molecule has 1 aliphatic carbocycles. The van der Waals surface area contributed by atoms with Gasteiger partial charge in [-0.1, -0.05) is 54.6 Å². The van der Waals surface area contributed by atoms with Gasteiger partial charge >= 0.3 is 6.01 Å². The third kappa shape index (κ3) is 4.37. The van der Waals surface area contributed by atoms with E-state index in [2.05, 4.69) is 33.5 Å². The van der Waals surface area contributed by atoms with E-state index in [-0.39, 0.29) is 11.9 Å². The van der Waals surface area contributed by atoms with Crippen LogP contribution in [0.2, 0.25) is 0 Å². The summed E-state index contributed by atoms with van der Waals surface area (Å²) in [5, 5.41) is 3.20. The summed E-state index contributed by atoms with van der Waals surface area (Å²) in [5.41, 5.74) is 5.01. The van der Waals surface area contributed by atoms with E-state index in [9.17, 15) is 4.79 Å². The van der Waals surface area contributed by atoms with Gasteiger partial charge in [0, 0.05) is 23.5 Å². The van der Waals surface area contributed by atoms with Crippen LogP contribution in [0.25, 0.3) is 11.1 Å². The van der Waals surface area contributed by atoms with E-state index in [0.29, 0.717) is 17.3 Å². The third-order valence-corrected chi connectivity index (χ3v) is 5.74. The van der Waals surface area contributed by atoms with E-state index in [1.165, 1.54) is 11.1 Å². The van der Waals surface area contributed by atoms with Crippen molar-refractivity contribution in [3.8, 4) is 22.9 Å². The summed E-state index contributed by atoms with van der Waals surface area (Å²) in [7, 11) is 0. The number of para-hydroxylation sites is 1. The first-order valence-electron chi connectivity index (χ1n) is 10.8. The topological polar surface area (TPSA) is 64.1 Å². The van der Waals surface area contributed by atoms with Crippen molar-refractivity contribution in [3.63, 3.8) is 0 Å². The van der Waals surface area contributed by atoms with Crippen LogP contribution in [0.1, 0.15) is 40.4 Å². The quantitative estimate of drug-likeness (QED) is 0.446. The van der Waals surface area contributed by atoms with Gasteiger partial charge < -0.3 is 10.1 Å². The molecule has 0 bridgehead atoms. The summed E-state index contributed by atoms with van der Waals surface area (Å²) >= 11 is 0. The molecule has 0 fully saturated rings. The standard InChI is InChI=1S/C27H23N3O2/c31-26(30-25-12-6-8-20-7-4-5-11-24(20)25)21-15-13-19(14-16-21)22-17-28-27(29-18-22)32-23-9-2-1-3-10-23/h1-5,7,9-11,13-18,25H,6,8,12H2,(H,30,31). The number of carbonyl (C=O) groups is 1. The van der Waals surface area contributed by atoms with Gasteiger partial charge in [0.2, 0.25) is 0 Å². The van der Waals surface area contributed by atoms with Crippen LogP contribution in [-0.4, -0.2) is 15.9 Å². The molecule has 0 radical (unpaired) electrons. The van der Waals surface area contributed by atoms with Gasteiger partial charge in [0.25, 0.3) is 5.91 Å². The lowest BCUT2D eigenvalue weighted by Crippen LogP contribution is -2.30. The molecule has 5 nitrogen and oxygen atoms in total. The number of hydrogen-bond donors (Lipinski definition) is 1. The number of amides is 1.